The van der Waals surface area contributed by atoms with Gasteiger partial charge in [0.1, 0.15) is 11.6 Å². The molecule has 0 aliphatic rings. The van der Waals surface area contributed by atoms with Crippen molar-refractivity contribution in [3.05, 3.63) is 36.0 Å². The fourth-order valence-corrected chi connectivity index (χ4v) is 1.66. The normalized spacial score (nSPS) is 11.5. The number of hydrogen-bond donors (Lipinski definition) is 2. The summed E-state index contributed by atoms with van der Waals surface area (Å²) in [6.45, 7) is 6.78. The second-order valence-electron chi connectivity index (χ2n) is 5.84. The number of carbonyl (C=O) groups is 2. The fraction of sp³-hybridized carbons (Fsp3) is 0.312. The largest absolute Gasteiger partial charge is 0.399 e. The standard InChI is InChI=1S/C16H20N4O2/c1-11(21)20(14-7-5-13(18)6-8-14)10-12(9-17)15(22)19-16(2,3)4/h5-8,10H,18H2,1-4H3,(H,19,22)/b12-10-. The average molecular weight is 300 g/mol. The Kier molecular flexibility index (Phi) is 5.30. The van der Waals surface area contributed by atoms with E-state index in [1.165, 1.54) is 18.0 Å². The number of amides is 2. The Bertz CT molecular complexity index is 634. The van der Waals surface area contributed by atoms with Crippen molar-refractivity contribution in [2.75, 3.05) is 10.6 Å². The number of hydrogen-bond acceptors (Lipinski definition) is 4. The van der Waals surface area contributed by atoms with E-state index >= 15 is 0 Å². The summed E-state index contributed by atoms with van der Waals surface area (Å²) < 4.78 is 0. The van der Waals surface area contributed by atoms with Crippen molar-refractivity contribution in [1.29, 1.82) is 5.26 Å². The van der Waals surface area contributed by atoms with Gasteiger partial charge in [0.25, 0.3) is 5.91 Å². The van der Waals surface area contributed by atoms with Crippen LogP contribution in [0.4, 0.5) is 11.4 Å². The van der Waals surface area contributed by atoms with Crippen molar-refractivity contribution in [2.45, 2.75) is 33.2 Å². The zero-order valence-corrected chi connectivity index (χ0v) is 13.2. The molecule has 2 amide bonds. The number of rotatable bonds is 3. The summed E-state index contributed by atoms with van der Waals surface area (Å²) in [5.41, 5.74) is 6.07. The first-order valence-corrected chi connectivity index (χ1v) is 6.74. The molecule has 0 saturated heterocycles. The lowest BCUT2D eigenvalue weighted by Gasteiger charge is -2.21. The van der Waals surface area contributed by atoms with Gasteiger partial charge in [-0.2, -0.15) is 5.26 Å². The van der Waals surface area contributed by atoms with Gasteiger partial charge in [0.2, 0.25) is 5.91 Å². The number of anilines is 2. The highest BCUT2D eigenvalue weighted by atomic mass is 16.2. The van der Waals surface area contributed by atoms with E-state index in [9.17, 15) is 14.9 Å². The summed E-state index contributed by atoms with van der Waals surface area (Å²) in [4.78, 5) is 25.1. The van der Waals surface area contributed by atoms with E-state index in [1.54, 1.807) is 24.3 Å². The number of benzene rings is 1. The van der Waals surface area contributed by atoms with Gasteiger partial charge in [0.05, 0.1) is 0 Å². The molecule has 0 radical (unpaired) electrons. The number of nitrogen functional groups attached to an aromatic ring is 1. The van der Waals surface area contributed by atoms with E-state index in [-0.39, 0.29) is 11.5 Å². The molecule has 22 heavy (non-hydrogen) atoms. The maximum absolute atomic E-state index is 12.1. The minimum absolute atomic E-state index is 0.151. The average Bonchev–Trinajstić information content (AvgIpc) is 2.39. The summed E-state index contributed by atoms with van der Waals surface area (Å²) >= 11 is 0. The first-order valence-electron chi connectivity index (χ1n) is 6.74. The highest BCUT2D eigenvalue weighted by Gasteiger charge is 2.19. The second-order valence-corrected chi connectivity index (χ2v) is 5.84. The molecule has 1 aromatic rings. The predicted molar refractivity (Wildman–Crippen MR) is 85.6 cm³/mol. The molecule has 1 rings (SSSR count). The van der Waals surface area contributed by atoms with Crippen LogP contribution in [-0.2, 0) is 9.59 Å². The molecular formula is C16H20N4O2. The highest BCUT2D eigenvalue weighted by molar-refractivity contribution is 6.01. The lowest BCUT2D eigenvalue weighted by Crippen LogP contribution is -2.41. The van der Waals surface area contributed by atoms with Crippen LogP contribution in [0.1, 0.15) is 27.7 Å². The second kappa shape index (κ2) is 6.76. The van der Waals surface area contributed by atoms with Crippen molar-refractivity contribution >= 4 is 23.2 Å². The zero-order chi connectivity index (χ0) is 16.9. The van der Waals surface area contributed by atoms with Crippen molar-refractivity contribution in [2.24, 2.45) is 0 Å². The molecule has 0 aliphatic heterocycles. The van der Waals surface area contributed by atoms with Gasteiger partial charge in [-0.1, -0.05) is 0 Å². The van der Waals surface area contributed by atoms with Crippen LogP contribution in [0.2, 0.25) is 0 Å². The predicted octanol–water partition coefficient (Wildman–Crippen LogP) is 1.94. The van der Waals surface area contributed by atoms with Gasteiger partial charge in [-0.3, -0.25) is 14.5 Å². The molecule has 3 N–H and O–H groups in total. The van der Waals surface area contributed by atoms with Crippen molar-refractivity contribution < 1.29 is 9.59 Å². The third-order valence-corrected chi connectivity index (χ3v) is 2.62. The molecule has 6 nitrogen and oxygen atoms in total. The summed E-state index contributed by atoms with van der Waals surface area (Å²) in [7, 11) is 0. The molecule has 116 valence electrons. The number of nitriles is 1. The third kappa shape index (κ3) is 4.94. The van der Waals surface area contributed by atoms with Crippen LogP contribution >= 0.6 is 0 Å². The van der Waals surface area contributed by atoms with Crippen molar-refractivity contribution in [3.63, 3.8) is 0 Å². The number of nitrogens with two attached hydrogens (primary N) is 1. The van der Waals surface area contributed by atoms with Crippen LogP contribution < -0.4 is 16.0 Å². The number of nitrogens with one attached hydrogen (secondary N) is 1. The van der Waals surface area contributed by atoms with Crippen LogP contribution in [0.25, 0.3) is 0 Å². The first kappa shape index (κ1) is 17.2. The van der Waals surface area contributed by atoms with Crippen LogP contribution in [0, 0.1) is 11.3 Å². The van der Waals surface area contributed by atoms with Gasteiger partial charge < -0.3 is 11.1 Å². The minimum Gasteiger partial charge on any atom is -0.399 e. The molecular weight excluding hydrogens is 280 g/mol. The van der Waals surface area contributed by atoms with E-state index in [4.69, 9.17) is 5.73 Å². The van der Waals surface area contributed by atoms with E-state index in [0.29, 0.717) is 11.4 Å². The van der Waals surface area contributed by atoms with Gasteiger partial charge >= 0.3 is 0 Å². The Balaban J connectivity index is 3.15. The Morgan fingerprint density at radius 1 is 1.27 bits per heavy atom. The fourth-order valence-electron chi connectivity index (χ4n) is 1.66. The Morgan fingerprint density at radius 3 is 2.23 bits per heavy atom. The third-order valence-electron chi connectivity index (χ3n) is 2.62. The Morgan fingerprint density at radius 2 is 1.82 bits per heavy atom. The molecule has 1 aromatic carbocycles. The lowest BCUT2D eigenvalue weighted by molar-refractivity contribution is -0.118. The topological polar surface area (TPSA) is 99.2 Å². The van der Waals surface area contributed by atoms with Gasteiger partial charge in [0.15, 0.2) is 0 Å². The smallest absolute Gasteiger partial charge is 0.263 e. The molecule has 0 aliphatic carbocycles. The van der Waals surface area contributed by atoms with Gasteiger partial charge in [0, 0.05) is 30.0 Å². The number of carbonyl (C=O) groups excluding carboxylic acids is 2. The molecule has 0 atom stereocenters. The summed E-state index contributed by atoms with van der Waals surface area (Å²) in [6.07, 6.45) is 1.23. The quantitative estimate of drug-likeness (QED) is 0.506. The maximum Gasteiger partial charge on any atom is 0.263 e. The summed E-state index contributed by atoms with van der Waals surface area (Å²) in [5, 5.41) is 11.9. The highest BCUT2D eigenvalue weighted by Crippen LogP contribution is 2.18. The van der Waals surface area contributed by atoms with Gasteiger partial charge in [-0.05, 0) is 45.0 Å². The summed E-state index contributed by atoms with van der Waals surface area (Å²) in [6, 6.07) is 8.39. The van der Waals surface area contributed by atoms with Crippen LogP contribution in [0.5, 0.6) is 0 Å². The molecule has 6 heteroatoms. The molecule has 0 fully saturated rings. The molecule has 0 heterocycles. The Labute approximate surface area is 130 Å². The summed E-state index contributed by atoms with van der Waals surface area (Å²) in [5.74, 6) is -0.849. The zero-order valence-electron chi connectivity index (χ0n) is 13.2. The minimum atomic E-state index is -0.531. The maximum atomic E-state index is 12.1. The molecule has 0 saturated carbocycles. The molecule has 0 aromatic heterocycles. The first-order chi connectivity index (χ1) is 10.1. The van der Waals surface area contributed by atoms with E-state index in [2.05, 4.69) is 5.32 Å². The van der Waals surface area contributed by atoms with E-state index in [1.807, 2.05) is 26.8 Å². The van der Waals surface area contributed by atoms with Gasteiger partial charge in [-0.25, -0.2) is 0 Å². The van der Waals surface area contributed by atoms with Crippen molar-refractivity contribution in [3.8, 4) is 6.07 Å². The van der Waals surface area contributed by atoms with E-state index in [0.717, 1.165) is 0 Å². The monoisotopic (exact) mass is 300 g/mol. The lowest BCUT2D eigenvalue weighted by atomic mass is 10.1. The SMILES string of the molecule is CC(=O)N(/C=C(/C#N)C(=O)NC(C)(C)C)c1ccc(N)cc1. The molecule has 0 spiro atoms. The Hall–Kier alpha value is -2.81. The molecule has 0 unspecified atom stereocenters. The van der Waals surface area contributed by atoms with Crippen LogP contribution in [-0.4, -0.2) is 17.4 Å². The van der Waals surface area contributed by atoms with Crippen LogP contribution in [0.15, 0.2) is 36.0 Å². The number of nitrogens with zero attached hydrogens (tertiary/aromatic N) is 2. The van der Waals surface area contributed by atoms with Crippen LogP contribution in [0.3, 0.4) is 0 Å². The molecule has 0 bridgehead atoms. The van der Waals surface area contributed by atoms with Crippen molar-refractivity contribution in [1.82, 2.24) is 5.32 Å². The van der Waals surface area contributed by atoms with E-state index < -0.39 is 11.4 Å². The van der Waals surface area contributed by atoms with Gasteiger partial charge in [-0.15, -0.1) is 0 Å².